The molecule has 0 saturated heterocycles. The number of carbonyl (C=O) groups excluding carboxylic acids is 1. The van der Waals surface area contributed by atoms with E-state index in [9.17, 15) is 4.79 Å². The van der Waals surface area contributed by atoms with Crippen LogP contribution in [0.2, 0.25) is 0 Å². The third-order valence-corrected chi connectivity index (χ3v) is 5.22. The average Bonchev–Trinajstić information content (AvgIpc) is 2.75. The molecule has 172 valence electrons. The van der Waals surface area contributed by atoms with E-state index in [1.54, 1.807) is 25.2 Å². The van der Waals surface area contributed by atoms with Gasteiger partial charge in [0, 0.05) is 32.4 Å². The summed E-state index contributed by atoms with van der Waals surface area (Å²) in [5.74, 6) is 1.23. The molecule has 2 N–H and O–H groups in total. The number of hydrogen-bond acceptors (Lipinski definition) is 4. The summed E-state index contributed by atoms with van der Waals surface area (Å²) in [6.45, 7) is 6.63. The monoisotopic (exact) mass is 437 g/mol. The summed E-state index contributed by atoms with van der Waals surface area (Å²) >= 11 is 0. The van der Waals surface area contributed by atoms with E-state index in [2.05, 4.69) is 39.9 Å². The Morgan fingerprint density at radius 3 is 2.59 bits per heavy atom. The van der Waals surface area contributed by atoms with E-state index in [4.69, 9.17) is 9.73 Å². The van der Waals surface area contributed by atoms with Crippen LogP contribution in [0.15, 0.2) is 47.6 Å². The first kappa shape index (κ1) is 23.6. The number of guanidine groups is 1. The number of aryl methyl sites for hydroxylation is 1. The van der Waals surface area contributed by atoms with E-state index in [1.165, 1.54) is 11.1 Å². The number of rotatable bonds is 6. The van der Waals surface area contributed by atoms with Gasteiger partial charge in [0.2, 0.25) is 11.8 Å². The zero-order valence-corrected chi connectivity index (χ0v) is 19.8. The van der Waals surface area contributed by atoms with Crippen molar-refractivity contribution in [1.82, 2.24) is 20.5 Å². The van der Waals surface area contributed by atoms with Crippen LogP contribution in [-0.2, 0) is 24.2 Å². The Morgan fingerprint density at radius 1 is 1.19 bits per heavy atom. The van der Waals surface area contributed by atoms with E-state index < -0.39 is 0 Å². The lowest BCUT2D eigenvalue weighted by Crippen LogP contribution is -2.48. The van der Waals surface area contributed by atoms with Crippen molar-refractivity contribution >= 4 is 11.9 Å². The summed E-state index contributed by atoms with van der Waals surface area (Å²) in [5.41, 5.74) is 3.48. The van der Waals surface area contributed by atoms with Gasteiger partial charge in [-0.2, -0.15) is 0 Å². The van der Waals surface area contributed by atoms with Gasteiger partial charge in [-0.1, -0.05) is 30.3 Å². The molecule has 7 nitrogen and oxygen atoms in total. The molecular formula is C25H35N5O2. The number of aromatic nitrogens is 1. The fourth-order valence-electron chi connectivity index (χ4n) is 3.53. The number of benzene rings is 1. The van der Waals surface area contributed by atoms with Crippen LogP contribution in [0, 0.1) is 0 Å². The zero-order chi connectivity index (χ0) is 23.1. The first-order valence-corrected chi connectivity index (χ1v) is 11.2. The smallest absolute Gasteiger partial charge is 0.241 e. The number of pyridine rings is 1. The highest BCUT2D eigenvalue weighted by atomic mass is 16.5. The molecule has 0 saturated carbocycles. The minimum Gasteiger partial charge on any atom is -0.472 e. The average molecular weight is 438 g/mol. The third-order valence-electron chi connectivity index (χ3n) is 5.22. The largest absolute Gasteiger partial charge is 0.472 e. The van der Waals surface area contributed by atoms with Crippen molar-refractivity contribution in [2.24, 2.45) is 4.99 Å². The zero-order valence-electron chi connectivity index (χ0n) is 19.8. The summed E-state index contributed by atoms with van der Waals surface area (Å²) in [7, 11) is 3.50. The Bertz CT molecular complexity index is 932. The molecule has 0 radical (unpaired) electrons. The highest BCUT2D eigenvalue weighted by Crippen LogP contribution is 2.21. The van der Waals surface area contributed by atoms with Gasteiger partial charge < -0.3 is 20.3 Å². The van der Waals surface area contributed by atoms with E-state index in [1.807, 2.05) is 32.9 Å². The van der Waals surface area contributed by atoms with Crippen LogP contribution in [-0.4, -0.2) is 54.0 Å². The molecular weight excluding hydrogens is 402 g/mol. The molecule has 0 bridgehead atoms. The van der Waals surface area contributed by atoms with E-state index >= 15 is 0 Å². The Balaban J connectivity index is 1.66. The van der Waals surface area contributed by atoms with Crippen LogP contribution in [0.5, 0.6) is 5.88 Å². The normalized spacial score (nSPS) is 16.2. The Morgan fingerprint density at radius 2 is 1.94 bits per heavy atom. The van der Waals surface area contributed by atoms with Crippen molar-refractivity contribution in [3.63, 3.8) is 0 Å². The summed E-state index contributed by atoms with van der Waals surface area (Å²) in [6, 6.07) is 12.7. The number of amides is 1. The quantitative estimate of drug-likeness (QED) is 0.537. The standard InChI is InChI=1S/C25H35N5O2/c1-25(2,3)32-22-13-10-18(15-26-22)16-27-24(28-17-23(31)30(4)5)29-21-12-11-19-8-6-7-9-20(19)14-21/h6-10,13,15,21H,11-12,14,16-17H2,1-5H3,(H2,27,28,29). The van der Waals surface area contributed by atoms with Crippen molar-refractivity contribution in [2.75, 3.05) is 20.6 Å². The van der Waals surface area contributed by atoms with E-state index in [0.717, 1.165) is 24.8 Å². The predicted molar refractivity (Wildman–Crippen MR) is 128 cm³/mol. The molecule has 0 spiro atoms. The van der Waals surface area contributed by atoms with E-state index in [-0.39, 0.29) is 24.1 Å². The fraction of sp³-hybridized carbons (Fsp3) is 0.480. The number of hydrogen-bond donors (Lipinski definition) is 2. The topological polar surface area (TPSA) is 78.9 Å². The van der Waals surface area contributed by atoms with Crippen LogP contribution in [0.1, 0.15) is 43.9 Å². The Kier molecular flexibility index (Phi) is 7.72. The molecule has 3 rings (SSSR count). The molecule has 1 aliphatic carbocycles. The minimum atomic E-state index is -0.286. The number of aliphatic imine (C=N–C) groups is 1. The summed E-state index contributed by atoms with van der Waals surface area (Å²) in [6.07, 6.45) is 4.79. The summed E-state index contributed by atoms with van der Waals surface area (Å²) in [5, 5.41) is 6.71. The minimum absolute atomic E-state index is 0.00108. The highest BCUT2D eigenvalue weighted by molar-refractivity contribution is 5.86. The molecule has 1 aromatic heterocycles. The van der Waals surface area contributed by atoms with Gasteiger partial charge in [0.05, 0.1) is 13.1 Å². The fourth-order valence-corrected chi connectivity index (χ4v) is 3.53. The molecule has 0 fully saturated rings. The third kappa shape index (κ3) is 7.25. The van der Waals surface area contributed by atoms with Gasteiger partial charge in [0.1, 0.15) is 5.60 Å². The van der Waals surface area contributed by atoms with Crippen LogP contribution in [0.3, 0.4) is 0 Å². The Labute approximate surface area is 191 Å². The lowest BCUT2D eigenvalue weighted by molar-refractivity contribution is -0.127. The molecule has 1 heterocycles. The van der Waals surface area contributed by atoms with Gasteiger partial charge in [0.15, 0.2) is 5.96 Å². The lowest BCUT2D eigenvalue weighted by atomic mass is 9.88. The van der Waals surface area contributed by atoms with E-state index in [0.29, 0.717) is 18.4 Å². The van der Waals surface area contributed by atoms with Crippen molar-refractivity contribution in [3.8, 4) is 5.88 Å². The second-order valence-electron chi connectivity index (χ2n) is 9.38. The van der Waals surface area contributed by atoms with Crippen molar-refractivity contribution < 1.29 is 9.53 Å². The molecule has 1 amide bonds. The van der Waals surface area contributed by atoms with Crippen molar-refractivity contribution in [3.05, 3.63) is 59.3 Å². The highest BCUT2D eigenvalue weighted by Gasteiger charge is 2.19. The first-order valence-electron chi connectivity index (χ1n) is 11.2. The molecule has 1 aromatic carbocycles. The van der Waals surface area contributed by atoms with Gasteiger partial charge in [-0.25, -0.2) is 9.98 Å². The number of fused-ring (bicyclic) bond motifs is 1. The van der Waals surface area contributed by atoms with Crippen molar-refractivity contribution in [1.29, 1.82) is 0 Å². The number of nitrogens with one attached hydrogen (secondary N) is 2. The summed E-state index contributed by atoms with van der Waals surface area (Å²) < 4.78 is 5.79. The predicted octanol–water partition coefficient (Wildman–Crippen LogP) is 2.94. The Hall–Kier alpha value is -3.09. The van der Waals surface area contributed by atoms with Gasteiger partial charge in [-0.3, -0.25) is 4.79 Å². The maximum Gasteiger partial charge on any atom is 0.241 e. The maximum atomic E-state index is 12.1. The number of likely N-dealkylation sites (N-methyl/N-ethyl adjacent to an activating group) is 1. The maximum absolute atomic E-state index is 12.1. The van der Waals surface area contributed by atoms with Gasteiger partial charge in [-0.05, 0) is 56.7 Å². The van der Waals surface area contributed by atoms with Crippen LogP contribution in [0.4, 0.5) is 0 Å². The molecule has 7 heteroatoms. The molecule has 0 aliphatic heterocycles. The molecule has 1 aliphatic rings. The van der Waals surface area contributed by atoms with Gasteiger partial charge >= 0.3 is 0 Å². The lowest BCUT2D eigenvalue weighted by Gasteiger charge is -2.27. The first-order chi connectivity index (χ1) is 15.2. The molecule has 1 atom stereocenters. The second-order valence-corrected chi connectivity index (χ2v) is 9.38. The SMILES string of the molecule is CN(C)C(=O)CNC(=NCc1ccc(OC(C)(C)C)nc1)NC1CCc2ccccc2C1. The molecule has 2 aromatic rings. The summed E-state index contributed by atoms with van der Waals surface area (Å²) in [4.78, 5) is 22.8. The van der Waals surface area contributed by atoms with Gasteiger partial charge in [-0.15, -0.1) is 0 Å². The molecule has 32 heavy (non-hydrogen) atoms. The van der Waals surface area contributed by atoms with Crippen LogP contribution < -0.4 is 15.4 Å². The number of nitrogens with zero attached hydrogens (tertiary/aromatic N) is 3. The van der Waals surface area contributed by atoms with Crippen LogP contribution in [0.25, 0.3) is 0 Å². The number of ether oxygens (including phenoxy) is 1. The van der Waals surface area contributed by atoms with Crippen LogP contribution >= 0.6 is 0 Å². The molecule has 1 unspecified atom stereocenters. The number of carbonyl (C=O) groups is 1. The second kappa shape index (κ2) is 10.5. The van der Waals surface area contributed by atoms with Gasteiger partial charge in [0.25, 0.3) is 0 Å². The van der Waals surface area contributed by atoms with Crippen molar-refractivity contribution in [2.45, 2.75) is 58.2 Å².